The monoisotopic (exact) mass is 361 g/mol. The highest BCUT2D eigenvalue weighted by molar-refractivity contribution is 7.95. The van der Waals surface area contributed by atoms with Crippen LogP contribution in [0.25, 0.3) is 11.3 Å². The van der Waals surface area contributed by atoms with E-state index in [1.54, 1.807) is 20.5 Å². The molecule has 2 aromatic rings. The number of nitrogens with one attached hydrogen (secondary N) is 1. The van der Waals surface area contributed by atoms with Crippen LogP contribution in [0.5, 0.6) is 11.5 Å². The highest BCUT2D eigenvalue weighted by Crippen LogP contribution is 2.32. The normalized spacial score (nSPS) is 15.2. The van der Waals surface area contributed by atoms with E-state index < -0.39 is 0 Å². The molecule has 134 valence electrons. The van der Waals surface area contributed by atoms with Crippen molar-refractivity contribution < 1.29 is 9.47 Å². The van der Waals surface area contributed by atoms with E-state index >= 15 is 0 Å². The van der Waals surface area contributed by atoms with Crippen LogP contribution in [0.1, 0.15) is 12.8 Å². The molecule has 1 aromatic carbocycles. The number of ether oxygens (including phenoxy) is 2. The minimum absolute atomic E-state index is 0.457. The summed E-state index contributed by atoms with van der Waals surface area (Å²) in [7, 11) is 3.26. The molecule has 0 aliphatic carbocycles. The Kier molecular flexibility index (Phi) is 5.95. The van der Waals surface area contributed by atoms with Gasteiger partial charge in [0.1, 0.15) is 12.1 Å². The lowest BCUT2D eigenvalue weighted by molar-refractivity contribution is 0.355. The van der Waals surface area contributed by atoms with Gasteiger partial charge in [-0.25, -0.2) is 14.7 Å². The van der Waals surface area contributed by atoms with Crippen LogP contribution in [-0.4, -0.2) is 43.3 Å². The Hall–Kier alpha value is -2.03. The fourth-order valence-corrected chi connectivity index (χ4v) is 3.42. The van der Waals surface area contributed by atoms with Gasteiger partial charge >= 0.3 is 0 Å². The van der Waals surface area contributed by atoms with Crippen LogP contribution in [0.4, 0.5) is 5.82 Å². The molecule has 0 spiro atoms. The van der Waals surface area contributed by atoms with E-state index in [-0.39, 0.29) is 0 Å². The zero-order valence-corrected chi connectivity index (χ0v) is 15.3. The third-order valence-electron chi connectivity index (χ3n) is 4.39. The van der Waals surface area contributed by atoms with Crippen molar-refractivity contribution in [2.75, 3.05) is 32.2 Å². The summed E-state index contributed by atoms with van der Waals surface area (Å²) in [5, 5.41) is 5.49. The summed E-state index contributed by atoms with van der Waals surface area (Å²) >= 11 is 1.20. The number of hydrogen-bond acceptors (Lipinski definition) is 8. The average Bonchev–Trinajstić information content (AvgIpc) is 2.68. The molecule has 7 nitrogen and oxygen atoms in total. The number of aromatic nitrogens is 2. The zero-order chi connectivity index (χ0) is 17.6. The minimum atomic E-state index is 0.457. The summed E-state index contributed by atoms with van der Waals surface area (Å²) < 4.78 is 13.9. The van der Waals surface area contributed by atoms with Crippen LogP contribution in [0.15, 0.2) is 30.6 Å². The van der Waals surface area contributed by atoms with Crippen molar-refractivity contribution in [3.63, 3.8) is 0 Å². The molecule has 1 saturated heterocycles. The van der Waals surface area contributed by atoms with Gasteiger partial charge in [0.2, 0.25) is 0 Å². The molecule has 0 atom stereocenters. The fraction of sp³-hybridized carbons (Fsp3) is 0.412. The maximum Gasteiger partial charge on any atom is 0.161 e. The smallest absolute Gasteiger partial charge is 0.161 e. The Labute approximate surface area is 152 Å². The molecule has 3 N–H and O–H groups in total. The Morgan fingerprint density at radius 3 is 2.56 bits per heavy atom. The van der Waals surface area contributed by atoms with Crippen LogP contribution in [0.2, 0.25) is 0 Å². The Balaban J connectivity index is 1.78. The number of benzene rings is 1. The number of rotatable bonds is 6. The summed E-state index contributed by atoms with van der Waals surface area (Å²) in [5.74, 6) is 2.33. The average molecular weight is 361 g/mol. The molecular weight excluding hydrogens is 338 g/mol. The number of methoxy groups -OCH3 is 2. The number of hydrogen-bond donors (Lipinski definition) is 2. The van der Waals surface area contributed by atoms with Crippen LogP contribution >= 0.6 is 12.1 Å². The number of anilines is 1. The first-order valence-electron chi connectivity index (χ1n) is 8.15. The molecule has 1 aliphatic heterocycles. The van der Waals surface area contributed by atoms with E-state index in [1.807, 2.05) is 24.3 Å². The van der Waals surface area contributed by atoms with Gasteiger partial charge in [-0.2, -0.15) is 0 Å². The minimum Gasteiger partial charge on any atom is -0.493 e. The van der Waals surface area contributed by atoms with Gasteiger partial charge < -0.3 is 14.4 Å². The third-order valence-corrected chi connectivity index (χ3v) is 4.86. The molecule has 8 heteroatoms. The summed E-state index contributed by atoms with van der Waals surface area (Å²) in [5.41, 5.74) is 1.83. The lowest BCUT2D eigenvalue weighted by Crippen LogP contribution is -2.41. The van der Waals surface area contributed by atoms with E-state index in [2.05, 4.69) is 19.6 Å². The van der Waals surface area contributed by atoms with E-state index in [0.29, 0.717) is 17.5 Å². The molecule has 2 heterocycles. The molecule has 1 fully saturated rings. The van der Waals surface area contributed by atoms with Crippen molar-refractivity contribution in [3.8, 4) is 22.8 Å². The van der Waals surface area contributed by atoms with Gasteiger partial charge in [0.25, 0.3) is 0 Å². The largest absolute Gasteiger partial charge is 0.493 e. The van der Waals surface area contributed by atoms with Gasteiger partial charge in [-0.05, 0) is 31.0 Å². The topological polar surface area (TPSA) is 85.5 Å². The number of piperidine rings is 1. The zero-order valence-electron chi connectivity index (χ0n) is 14.4. The van der Waals surface area contributed by atoms with Gasteiger partial charge in [0, 0.05) is 42.9 Å². The number of nitrogens with two attached hydrogens (primary N) is 1. The van der Waals surface area contributed by atoms with E-state index in [9.17, 15) is 0 Å². The molecular formula is C17H23N5O2S. The Morgan fingerprint density at radius 1 is 1.12 bits per heavy atom. The van der Waals surface area contributed by atoms with Crippen molar-refractivity contribution in [3.05, 3.63) is 30.6 Å². The van der Waals surface area contributed by atoms with Crippen molar-refractivity contribution >= 4 is 18.0 Å². The quantitative estimate of drug-likeness (QED) is 0.758. The maximum absolute atomic E-state index is 5.49. The van der Waals surface area contributed by atoms with Gasteiger partial charge in [-0.15, -0.1) is 0 Å². The summed E-state index contributed by atoms with van der Waals surface area (Å²) in [4.78, 5) is 11.1. The second-order valence-corrected chi connectivity index (χ2v) is 6.30. The highest BCUT2D eigenvalue weighted by Gasteiger charge is 2.20. The first-order chi connectivity index (χ1) is 12.2. The fourth-order valence-electron chi connectivity index (χ4n) is 3.00. The van der Waals surface area contributed by atoms with Crippen LogP contribution in [-0.2, 0) is 0 Å². The molecule has 3 rings (SSSR count). The predicted molar refractivity (Wildman–Crippen MR) is 101 cm³/mol. The molecule has 0 saturated carbocycles. The summed E-state index contributed by atoms with van der Waals surface area (Å²) in [6.45, 7) is 1.89. The Bertz CT molecular complexity index is 707. The molecule has 1 aromatic heterocycles. The summed E-state index contributed by atoms with van der Waals surface area (Å²) in [6, 6.07) is 8.27. The van der Waals surface area contributed by atoms with E-state index in [1.165, 1.54) is 12.1 Å². The molecule has 0 amide bonds. The van der Waals surface area contributed by atoms with Crippen LogP contribution < -0.4 is 24.2 Å². The van der Waals surface area contributed by atoms with Crippen LogP contribution in [0.3, 0.4) is 0 Å². The van der Waals surface area contributed by atoms with Gasteiger partial charge in [0.05, 0.1) is 19.9 Å². The maximum atomic E-state index is 5.49. The van der Waals surface area contributed by atoms with E-state index in [0.717, 1.165) is 43.0 Å². The van der Waals surface area contributed by atoms with E-state index in [4.69, 9.17) is 14.6 Å². The molecule has 1 aliphatic rings. The lowest BCUT2D eigenvalue weighted by atomic mass is 10.1. The standard InChI is InChI=1S/C17H23N5O2S/c1-23-15-4-3-12(9-16(15)24-2)14-10-17(20-11-19-14)22-7-5-13(6-8-22)21-25-18/h3-4,9-11,13,21H,5-8,18H2,1-2H3. The van der Waals surface area contributed by atoms with Gasteiger partial charge in [-0.3, -0.25) is 5.14 Å². The third kappa shape index (κ3) is 4.15. The molecule has 25 heavy (non-hydrogen) atoms. The first-order valence-corrected chi connectivity index (χ1v) is 9.03. The van der Waals surface area contributed by atoms with Crippen molar-refractivity contribution in [2.45, 2.75) is 18.9 Å². The first kappa shape index (κ1) is 17.8. The van der Waals surface area contributed by atoms with Gasteiger partial charge in [0.15, 0.2) is 11.5 Å². The molecule has 0 radical (unpaired) electrons. The van der Waals surface area contributed by atoms with Crippen LogP contribution in [0, 0.1) is 0 Å². The summed E-state index contributed by atoms with van der Waals surface area (Å²) in [6.07, 6.45) is 3.70. The highest BCUT2D eigenvalue weighted by atomic mass is 32.2. The lowest BCUT2D eigenvalue weighted by Gasteiger charge is -2.32. The SMILES string of the molecule is COc1ccc(-c2cc(N3CCC(NSN)CC3)ncn2)cc1OC. The van der Waals surface area contributed by atoms with Crippen molar-refractivity contribution in [2.24, 2.45) is 5.14 Å². The number of nitrogens with zero attached hydrogens (tertiary/aromatic N) is 3. The molecule has 0 unspecified atom stereocenters. The van der Waals surface area contributed by atoms with Crippen molar-refractivity contribution in [1.29, 1.82) is 0 Å². The molecule has 0 bridgehead atoms. The van der Waals surface area contributed by atoms with Gasteiger partial charge in [-0.1, -0.05) is 0 Å². The second-order valence-electron chi connectivity index (χ2n) is 5.83. The second kappa shape index (κ2) is 8.37. The van der Waals surface area contributed by atoms with Crippen molar-refractivity contribution in [1.82, 2.24) is 14.7 Å². The predicted octanol–water partition coefficient (Wildman–Crippen LogP) is 2.24. The Morgan fingerprint density at radius 2 is 1.88 bits per heavy atom.